The van der Waals surface area contributed by atoms with E-state index in [1.807, 2.05) is 29.2 Å². The second-order valence-corrected chi connectivity index (χ2v) is 8.87. The second-order valence-electron chi connectivity index (χ2n) is 8.87. The summed E-state index contributed by atoms with van der Waals surface area (Å²) >= 11 is 0. The monoisotopic (exact) mass is 434 g/mol. The molecule has 0 aromatic heterocycles. The number of piperazine rings is 2. The smallest absolute Gasteiger partial charge is 0.236 e. The predicted octanol–water partition coefficient (Wildman–Crippen LogP) is 2.92. The molecule has 170 valence electrons. The maximum Gasteiger partial charge on any atom is 0.236 e. The maximum atomic E-state index is 12.9. The molecule has 2 aliphatic rings. The number of rotatable bonds is 6. The molecular formula is C26H34N4O2. The lowest BCUT2D eigenvalue weighted by molar-refractivity contribution is -0.134. The number of carbonyl (C=O) groups is 2. The van der Waals surface area contributed by atoms with E-state index < -0.39 is 0 Å². The Morgan fingerprint density at radius 2 is 1.44 bits per heavy atom. The van der Waals surface area contributed by atoms with E-state index in [1.165, 1.54) is 5.56 Å². The number of anilines is 1. The summed E-state index contributed by atoms with van der Waals surface area (Å²) in [5, 5.41) is 0. The molecule has 2 aliphatic heterocycles. The Morgan fingerprint density at radius 3 is 2.03 bits per heavy atom. The third-order valence-electron chi connectivity index (χ3n) is 6.87. The van der Waals surface area contributed by atoms with Gasteiger partial charge in [0.15, 0.2) is 5.78 Å². The third-order valence-corrected chi connectivity index (χ3v) is 6.87. The molecule has 2 fully saturated rings. The van der Waals surface area contributed by atoms with Crippen molar-refractivity contribution in [3.63, 3.8) is 0 Å². The van der Waals surface area contributed by atoms with Crippen molar-refractivity contribution in [1.29, 1.82) is 0 Å². The summed E-state index contributed by atoms with van der Waals surface area (Å²) in [5.41, 5.74) is 3.22. The molecule has 0 saturated carbocycles. The summed E-state index contributed by atoms with van der Waals surface area (Å²) in [6.07, 6.45) is 0. The van der Waals surface area contributed by atoms with Gasteiger partial charge in [-0.3, -0.25) is 19.4 Å². The molecule has 0 spiro atoms. The lowest BCUT2D eigenvalue weighted by Crippen LogP contribution is -2.54. The van der Waals surface area contributed by atoms with Gasteiger partial charge in [-0.05, 0) is 43.7 Å². The molecule has 2 saturated heterocycles. The Hall–Kier alpha value is -2.70. The van der Waals surface area contributed by atoms with Crippen LogP contribution in [0, 0.1) is 0 Å². The molecule has 0 radical (unpaired) electrons. The lowest BCUT2D eigenvalue weighted by atomic mass is 10.1. The van der Waals surface area contributed by atoms with Gasteiger partial charge >= 0.3 is 0 Å². The quantitative estimate of drug-likeness (QED) is 0.655. The number of nitrogens with zero attached hydrogens (tertiary/aromatic N) is 4. The Balaban J connectivity index is 1.21. The summed E-state index contributed by atoms with van der Waals surface area (Å²) in [6, 6.07) is 18.8. The fourth-order valence-corrected chi connectivity index (χ4v) is 4.66. The third kappa shape index (κ3) is 5.37. The van der Waals surface area contributed by atoms with E-state index in [0.717, 1.165) is 63.6 Å². The molecule has 6 nitrogen and oxygen atoms in total. The minimum Gasteiger partial charge on any atom is -0.369 e. The Kier molecular flexibility index (Phi) is 7.22. The number of carbonyl (C=O) groups excluding carboxylic acids is 2. The van der Waals surface area contributed by atoms with Gasteiger partial charge in [-0.25, -0.2) is 0 Å². The van der Waals surface area contributed by atoms with Crippen molar-refractivity contribution in [2.24, 2.45) is 0 Å². The van der Waals surface area contributed by atoms with Gasteiger partial charge in [-0.1, -0.05) is 30.3 Å². The van der Waals surface area contributed by atoms with Crippen LogP contribution in [-0.4, -0.2) is 85.3 Å². The Morgan fingerprint density at radius 1 is 0.812 bits per heavy atom. The predicted molar refractivity (Wildman–Crippen MR) is 128 cm³/mol. The van der Waals surface area contributed by atoms with Crippen molar-refractivity contribution >= 4 is 17.4 Å². The van der Waals surface area contributed by atoms with Crippen LogP contribution in [0.1, 0.15) is 35.8 Å². The van der Waals surface area contributed by atoms with E-state index in [9.17, 15) is 9.59 Å². The molecule has 0 N–H and O–H groups in total. The van der Waals surface area contributed by atoms with E-state index in [4.69, 9.17) is 0 Å². The normalized spacial score (nSPS) is 19.1. The zero-order chi connectivity index (χ0) is 22.5. The van der Waals surface area contributed by atoms with Crippen LogP contribution in [0.5, 0.6) is 0 Å². The van der Waals surface area contributed by atoms with E-state index in [0.29, 0.717) is 12.6 Å². The number of hydrogen-bond donors (Lipinski definition) is 0. The van der Waals surface area contributed by atoms with Gasteiger partial charge in [0, 0.05) is 69.7 Å². The highest BCUT2D eigenvalue weighted by atomic mass is 16.2. The zero-order valence-corrected chi connectivity index (χ0v) is 19.2. The van der Waals surface area contributed by atoms with Crippen LogP contribution in [0.25, 0.3) is 0 Å². The van der Waals surface area contributed by atoms with Crippen molar-refractivity contribution in [1.82, 2.24) is 14.7 Å². The van der Waals surface area contributed by atoms with E-state index >= 15 is 0 Å². The second kappa shape index (κ2) is 10.3. The highest BCUT2D eigenvalue weighted by molar-refractivity contribution is 5.94. The van der Waals surface area contributed by atoms with Gasteiger partial charge in [-0.15, -0.1) is 0 Å². The Bertz CT molecular complexity index is 899. The number of hydrogen-bond acceptors (Lipinski definition) is 5. The molecule has 0 unspecified atom stereocenters. The van der Waals surface area contributed by atoms with Crippen molar-refractivity contribution in [2.45, 2.75) is 19.9 Å². The van der Waals surface area contributed by atoms with Crippen molar-refractivity contribution in [3.05, 3.63) is 65.7 Å². The topological polar surface area (TPSA) is 47.1 Å². The summed E-state index contributed by atoms with van der Waals surface area (Å²) in [7, 11) is 0. The van der Waals surface area contributed by atoms with Gasteiger partial charge in [-0.2, -0.15) is 0 Å². The van der Waals surface area contributed by atoms with Crippen LogP contribution in [0.3, 0.4) is 0 Å². The van der Waals surface area contributed by atoms with Gasteiger partial charge < -0.3 is 9.80 Å². The standard InChI is InChI=1S/C26H34N4O2/c1-21(23-6-4-3-5-7-23)28-16-18-30(19-17-28)26(32)20-27-12-14-29(15-13-27)25-10-8-24(9-11-25)22(2)31/h3-11,21H,12-20H2,1-2H3/t21-/m0/s1. The first-order valence-electron chi connectivity index (χ1n) is 11.7. The molecule has 2 aromatic rings. The molecule has 4 rings (SSSR count). The SMILES string of the molecule is CC(=O)c1ccc(N2CCN(CC(=O)N3CCN([C@@H](C)c4ccccc4)CC3)CC2)cc1. The average molecular weight is 435 g/mol. The lowest BCUT2D eigenvalue weighted by Gasteiger charge is -2.40. The fraction of sp³-hybridized carbons (Fsp3) is 0.462. The molecule has 1 amide bonds. The maximum absolute atomic E-state index is 12.9. The molecule has 0 bridgehead atoms. The van der Waals surface area contributed by atoms with Gasteiger partial charge in [0.05, 0.1) is 6.54 Å². The van der Waals surface area contributed by atoms with E-state index in [-0.39, 0.29) is 11.7 Å². The first-order chi connectivity index (χ1) is 15.5. The molecule has 1 atom stereocenters. The van der Waals surface area contributed by atoms with Crippen molar-refractivity contribution in [3.8, 4) is 0 Å². The number of Topliss-reactive ketones (excluding diaryl/α,β-unsaturated/α-hetero) is 1. The van der Waals surface area contributed by atoms with Crippen molar-refractivity contribution in [2.75, 3.05) is 63.8 Å². The van der Waals surface area contributed by atoms with Crippen LogP contribution >= 0.6 is 0 Å². The van der Waals surface area contributed by atoms with Crippen LogP contribution in [-0.2, 0) is 4.79 Å². The highest BCUT2D eigenvalue weighted by Crippen LogP contribution is 2.22. The van der Waals surface area contributed by atoms with Gasteiger partial charge in [0.1, 0.15) is 0 Å². The van der Waals surface area contributed by atoms with Gasteiger partial charge in [0.2, 0.25) is 5.91 Å². The molecule has 2 heterocycles. The summed E-state index contributed by atoms with van der Waals surface area (Å²) in [6.45, 7) is 11.4. The molecular weight excluding hydrogens is 400 g/mol. The minimum atomic E-state index is 0.0928. The van der Waals surface area contributed by atoms with Crippen LogP contribution in [0.15, 0.2) is 54.6 Å². The summed E-state index contributed by atoms with van der Waals surface area (Å²) < 4.78 is 0. The number of amides is 1. The van der Waals surface area contributed by atoms with E-state index in [2.05, 4.69) is 52.0 Å². The molecule has 0 aliphatic carbocycles. The van der Waals surface area contributed by atoms with Crippen LogP contribution in [0.4, 0.5) is 5.69 Å². The van der Waals surface area contributed by atoms with Crippen LogP contribution in [0.2, 0.25) is 0 Å². The first-order valence-corrected chi connectivity index (χ1v) is 11.7. The molecule has 32 heavy (non-hydrogen) atoms. The molecule has 6 heteroatoms. The fourth-order valence-electron chi connectivity index (χ4n) is 4.66. The average Bonchev–Trinajstić information content (AvgIpc) is 2.85. The Labute approximate surface area is 191 Å². The minimum absolute atomic E-state index is 0.0928. The van der Waals surface area contributed by atoms with Gasteiger partial charge in [0.25, 0.3) is 0 Å². The number of benzene rings is 2. The first kappa shape index (κ1) is 22.5. The summed E-state index contributed by atoms with van der Waals surface area (Å²) in [5.74, 6) is 0.339. The van der Waals surface area contributed by atoms with Crippen LogP contribution < -0.4 is 4.90 Å². The largest absolute Gasteiger partial charge is 0.369 e. The van der Waals surface area contributed by atoms with E-state index in [1.54, 1.807) is 6.92 Å². The number of ketones is 1. The van der Waals surface area contributed by atoms with Crippen molar-refractivity contribution < 1.29 is 9.59 Å². The highest BCUT2D eigenvalue weighted by Gasteiger charge is 2.27. The zero-order valence-electron chi connectivity index (χ0n) is 19.2. The summed E-state index contributed by atoms with van der Waals surface area (Å²) in [4.78, 5) is 33.4. The molecule has 2 aromatic carbocycles.